The lowest BCUT2D eigenvalue weighted by Crippen LogP contribution is -2.39. The van der Waals surface area contributed by atoms with Gasteiger partial charge in [-0.3, -0.25) is 4.79 Å². The van der Waals surface area contributed by atoms with Crippen LogP contribution in [0.2, 0.25) is 0 Å². The highest BCUT2D eigenvalue weighted by atomic mass is 19.4. The zero-order chi connectivity index (χ0) is 26.3. The summed E-state index contributed by atoms with van der Waals surface area (Å²) in [7, 11) is 1.36. The SMILES string of the molecule is CCN(Cc1cc(C(F)(F)F)ccc1-c1cc(CC(=O)O)cnc1OC)C(=O)NCc1ccccc1. The van der Waals surface area contributed by atoms with Crippen molar-refractivity contribution < 1.29 is 32.6 Å². The number of pyridine rings is 1. The summed E-state index contributed by atoms with van der Waals surface area (Å²) in [6.45, 7) is 2.11. The molecule has 0 atom stereocenters. The first-order chi connectivity index (χ1) is 17.1. The molecule has 0 saturated carbocycles. The van der Waals surface area contributed by atoms with Crippen LogP contribution in [-0.4, -0.2) is 40.6 Å². The van der Waals surface area contributed by atoms with Gasteiger partial charge in [-0.2, -0.15) is 13.2 Å². The van der Waals surface area contributed by atoms with Gasteiger partial charge in [0.2, 0.25) is 5.88 Å². The number of hydrogen-bond donors (Lipinski definition) is 2. The van der Waals surface area contributed by atoms with Crippen molar-refractivity contribution >= 4 is 12.0 Å². The Bertz CT molecular complexity index is 1220. The van der Waals surface area contributed by atoms with Crippen LogP contribution in [0.25, 0.3) is 11.1 Å². The van der Waals surface area contributed by atoms with Gasteiger partial charge in [0, 0.05) is 31.4 Å². The standard InChI is InChI=1S/C26H26F3N3O4/c1-3-32(25(35)31-14-17-7-5-4-6-8-17)16-19-13-20(26(27,28)29)9-10-21(19)22-11-18(12-23(33)34)15-30-24(22)36-2/h4-11,13,15H,3,12,14,16H2,1-2H3,(H,31,35)(H,33,34). The van der Waals surface area contributed by atoms with Gasteiger partial charge in [0.15, 0.2) is 0 Å². The molecule has 2 amide bonds. The van der Waals surface area contributed by atoms with Crippen molar-refractivity contribution in [3.63, 3.8) is 0 Å². The number of rotatable bonds is 9. The van der Waals surface area contributed by atoms with E-state index in [9.17, 15) is 22.8 Å². The quantitative estimate of drug-likeness (QED) is 0.424. The fourth-order valence-corrected chi connectivity index (χ4v) is 3.70. The number of methoxy groups -OCH3 is 1. The van der Waals surface area contributed by atoms with Crippen LogP contribution in [0.5, 0.6) is 5.88 Å². The fourth-order valence-electron chi connectivity index (χ4n) is 3.70. The summed E-state index contributed by atoms with van der Waals surface area (Å²) in [6, 6.07) is 13.6. The summed E-state index contributed by atoms with van der Waals surface area (Å²) in [5.74, 6) is -0.950. The smallest absolute Gasteiger partial charge is 0.416 e. The molecular formula is C26H26F3N3O4. The lowest BCUT2D eigenvalue weighted by Gasteiger charge is -2.24. The largest absolute Gasteiger partial charge is 0.481 e. The molecule has 0 fully saturated rings. The number of aromatic nitrogens is 1. The summed E-state index contributed by atoms with van der Waals surface area (Å²) in [4.78, 5) is 29.6. The molecule has 2 aromatic carbocycles. The Labute approximate surface area is 206 Å². The molecule has 1 heterocycles. The first-order valence-electron chi connectivity index (χ1n) is 11.1. The van der Waals surface area contributed by atoms with Crippen LogP contribution in [0, 0.1) is 0 Å². The second kappa shape index (κ2) is 11.6. The van der Waals surface area contributed by atoms with E-state index in [4.69, 9.17) is 9.84 Å². The maximum atomic E-state index is 13.5. The third-order valence-electron chi connectivity index (χ3n) is 5.50. The van der Waals surface area contributed by atoms with Gasteiger partial charge >= 0.3 is 18.2 Å². The Kier molecular flexibility index (Phi) is 8.52. The highest BCUT2D eigenvalue weighted by molar-refractivity contribution is 5.77. The van der Waals surface area contributed by atoms with Crippen LogP contribution in [0.1, 0.15) is 29.2 Å². The molecule has 0 spiro atoms. The minimum Gasteiger partial charge on any atom is -0.481 e. The Hall–Kier alpha value is -4.08. The number of nitrogens with zero attached hydrogens (tertiary/aromatic N) is 2. The summed E-state index contributed by atoms with van der Waals surface area (Å²) in [5.41, 5.74) is 1.28. The minimum absolute atomic E-state index is 0.122. The number of alkyl halides is 3. The van der Waals surface area contributed by atoms with E-state index in [1.165, 1.54) is 30.3 Å². The predicted octanol–water partition coefficient (Wildman–Crippen LogP) is 5.13. The lowest BCUT2D eigenvalue weighted by atomic mass is 9.96. The van der Waals surface area contributed by atoms with E-state index >= 15 is 0 Å². The molecule has 3 aromatic rings. The molecule has 36 heavy (non-hydrogen) atoms. The highest BCUT2D eigenvalue weighted by Crippen LogP contribution is 2.37. The van der Waals surface area contributed by atoms with Gasteiger partial charge in [-0.25, -0.2) is 9.78 Å². The molecule has 0 aliphatic rings. The van der Waals surface area contributed by atoms with Crippen molar-refractivity contribution in [1.29, 1.82) is 0 Å². The molecule has 3 rings (SSSR count). The molecule has 0 unspecified atom stereocenters. The van der Waals surface area contributed by atoms with Crippen molar-refractivity contribution in [1.82, 2.24) is 15.2 Å². The van der Waals surface area contributed by atoms with Gasteiger partial charge in [0.25, 0.3) is 0 Å². The Balaban J connectivity index is 1.99. The third kappa shape index (κ3) is 6.74. The molecule has 2 N–H and O–H groups in total. The molecule has 10 heteroatoms. The van der Waals surface area contributed by atoms with E-state index < -0.39 is 23.7 Å². The number of ether oxygens (including phenoxy) is 1. The van der Waals surface area contributed by atoms with E-state index in [1.54, 1.807) is 6.92 Å². The molecule has 1 aromatic heterocycles. The van der Waals surface area contributed by atoms with Crippen molar-refractivity contribution in [3.8, 4) is 17.0 Å². The maximum Gasteiger partial charge on any atom is 0.416 e. The van der Waals surface area contributed by atoms with Crippen LogP contribution >= 0.6 is 0 Å². The van der Waals surface area contributed by atoms with Gasteiger partial charge < -0.3 is 20.1 Å². The highest BCUT2D eigenvalue weighted by Gasteiger charge is 2.32. The number of halogens is 3. The number of carboxylic acid groups (broad SMARTS) is 1. The predicted molar refractivity (Wildman–Crippen MR) is 127 cm³/mol. The van der Waals surface area contributed by atoms with Crippen molar-refractivity contribution in [2.45, 2.75) is 32.6 Å². The second-order valence-electron chi connectivity index (χ2n) is 8.00. The second-order valence-corrected chi connectivity index (χ2v) is 8.00. The average Bonchev–Trinajstić information content (AvgIpc) is 2.85. The third-order valence-corrected chi connectivity index (χ3v) is 5.50. The molecule has 0 aliphatic heterocycles. The zero-order valence-electron chi connectivity index (χ0n) is 19.8. The Morgan fingerprint density at radius 2 is 1.78 bits per heavy atom. The number of urea groups is 1. The van der Waals surface area contributed by atoms with Crippen LogP contribution in [-0.2, 0) is 30.5 Å². The van der Waals surface area contributed by atoms with Crippen LogP contribution in [0.4, 0.5) is 18.0 Å². The van der Waals surface area contributed by atoms with E-state index in [2.05, 4.69) is 10.3 Å². The van der Waals surface area contributed by atoms with Gasteiger partial charge in [-0.1, -0.05) is 36.4 Å². The van der Waals surface area contributed by atoms with Gasteiger partial charge in [0.05, 0.1) is 19.1 Å². The van der Waals surface area contributed by atoms with E-state index in [0.717, 1.165) is 17.7 Å². The maximum absolute atomic E-state index is 13.5. The van der Waals surface area contributed by atoms with Crippen molar-refractivity contribution in [2.75, 3.05) is 13.7 Å². The van der Waals surface area contributed by atoms with Gasteiger partial charge in [-0.15, -0.1) is 0 Å². The Morgan fingerprint density at radius 3 is 2.39 bits per heavy atom. The van der Waals surface area contributed by atoms with E-state index in [-0.39, 0.29) is 37.5 Å². The summed E-state index contributed by atoms with van der Waals surface area (Å²) < 4.78 is 45.9. The molecular weight excluding hydrogens is 475 g/mol. The number of carbonyl (C=O) groups excluding carboxylic acids is 1. The minimum atomic E-state index is -4.59. The Morgan fingerprint density at radius 1 is 1.06 bits per heavy atom. The number of carbonyl (C=O) groups is 2. The number of carboxylic acids is 1. The number of nitrogens with one attached hydrogen (secondary N) is 1. The molecule has 0 bridgehead atoms. The molecule has 0 radical (unpaired) electrons. The molecule has 0 saturated heterocycles. The van der Waals surface area contributed by atoms with E-state index in [0.29, 0.717) is 16.7 Å². The van der Waals surface area contributed by atoms with Gasteiger partial charge in [0.1, 0.15) is 0 Å². The molecule has 0 aliphatic carbocycles. The summed E-state index contributed by atoms with van der Waals surface area (Å²) in [6.07, 6.45) is -3.56. The van der Waals surface area contributed by atoms with Crippen LogP contribution in [0.3, 0.4) is 0 Å². The van der Waals surface area contributed by atoms with Crippen LogP contribution in [0.15, 0.2) is 60.8 Å². The monoisotopic (exact) mass is 501 g/mol. The summed E-state index contributed by atoms with van der Waals surface area (Å²) in [5, 5.41) is 11.9. The van der Waals surface area contributed by atoms with Crippen LogP contribution < -0.4 is 10.1 Å². The first-order valence-corrected chi connectivity index (χ1v) is 11.1. The number of aliphatic carboxylic acids is 1. The first kappa shape index (κ1) is 26.5. The van der Waals surface area contributed by atoms with Gasteiger partial charge in [-0.05, 0) is 47.4 Å². The van der Waals surface area contributed by atoms with Crippen molar-refractivity contribution in [2.24, 2.45) is 0 Å². The fraction of sp³-hybridized carbons (Fsp3) is 0.269. The topological polar surface area (TPSA) is 91.8 Å². The number of hydrogen-bond acceptors (Lipinski definition) is 4. The zero-order valence-corrected chi connectivity index (χ0v) is 19.8. The summed E-state index contributed by atoms with van der Waals surface area (Å²) >= 11 is 0. The average molecular weight is 502 g/mol. The lowest BCUT2D eigenvalue weighted by molar-refractivity contribution is -0.138. The molecule has 7 nitrogen and oxygen atoms in total. The van der Waals surface area contributed by atoms with E-state index in [1.807, 2.05) is 30.3 Å². The normalized spacial score (nSPS) is 11.1. The number of amides is 2. The number of benzene rings is 2. The molecule has 190 valence electrons. The van der Waals surface area contributed by atoms with Crippen molar-refractivity contribution in [3.05, 3.63) is 83.0 Å².